The number of ether oxygens (including phenoxy) is 3. The maximum absolute atomic E-state index is 14.7. The Morgan fingerprint density at radius 3 is 2.65 bits per heavy atom. The first kappa shape index (κ1) is 46.5. The van der Waals surface area contributed by atoms with Gasteiger partial charge in [0, 0.05) is 84.7 Å². The number of esters is 1. The molecule has 6 bridgehead atoms. The van der Waals surface area contributed by atoms with E-state index in [1.54, 1.807) is 7.11 Å². The summed E-state index contributed by atoms with van der Waals surface area (Å²) >= 11 is 1.47. The van der Waals surface area contributed by atoms with E-state index in [-0.39, 0.29) is 48.9 Å². The van der Waals surface area contributed by atoms with Crippen molar-refractivity contribution in [1.29, 1.82) is 0 Å². The van der Waals surface area contributed by atoms with E-state index in [1.165, 1.54) is 21.9 Å². The predicted octanol–water partition coefficient (Wildman–Crippen LogP) is 7.73. The summed E-state index contributed by atoms with van der Waals surface area (Å²) in [7, 11) is 3.67. The van der Waals surface area contributed by atoms with Gasteiger partial charge in [0.1, 0.15) is 12.1 Å². The zero-order chi connectivity index (χ0) is 46.0. The third kappa shape index (κ3) is 9.93. The third-order valence-corrected chi connectivity index (χ3v) is 14.3. The van der Waals surface area contributed by atoms with Crippen LogP contribution in [0.25, 0.3) is 33.4 Å². The Bertz CT molecular complexity index is 2480. The van der Waals surface area contributed by atoms with Crippen LogP contribution in [0.1, 0.15) is 94.7 Å². The van der Waals surface area contributed by atoms with Crippen molar-refractivity contribution in [2.24, 2.45) is 11.3 Å². The number of aryl methyl sites for hydroxylation is 1. The summed E-state index contributed by atoms with van der Waals surface area (Å²) in [5.41, 5.74) is 10.8. The number of hydrazine groups is 1. The molecule has 14 heteroatoms. The van der Waals surface area contributed by atoms with Gasteiger partial charge in [0.05, 0.1) is 46.9 Å². The Labute approximate surface area is 387 Å². The Morgan fingerprint density at radius 1 is 1.09 bits per heavy atom. The van der Waals surface area contributed by atoms with E-state index in [0.29, 0.717) is 44.0 Å². The molecular weight excluding hydrogens is 839 g/mol. The molecule has 2 amide bonds. The Balaban J connectivity index is 1.15. The zero-order valence-electron chi connectivity index (χ0n) is 39.1. The van der Waals surface area contributed by atoms with E-state index in [2.05, 4.69) is 89.5 Å². The molecule has 2 saturated heterocycles. The normalized spacial score (nSPS) is 22.5. The van der Waals surface area contributed by atoms with Gasteiger partial charge in [-0.1, -0.05) is 64.1 Å². The second-order valence-corrected chi connectivity index (χ2v) is 20.1. The molecule has 0 spiro atoms. The maximum atomic E-state index is 14.7. The highest BCUT2D eigenvalue weighted by Gasteiger charge is 2.39. The summed E-state index contributed by atoms with van der Waals surface area (Å²) in [5.74, 6) is -0.805. The number of benzene rings is 2. The van der Waals surface area contributed by atoms with Crippen molar-refractivity contribution in [3.63, 3.8) is 0 Å². The minimum atomic E-state index is -0.950. The monoisotopic (exact) mass is 903 g/mol. The minimum absolute atomic E-state index is 0.0649. The summed E-state index contributed by atoms with van der Waals surface area (Å²) in [4.78, 5) is 55.2. The highest BCUT2D eigenvalue weighted by atomic mass is 32.1. The van der Waals surface area contributed by atoms with Crippen LogP contribution in [0.15, 0.2) is 72.2 Å². The van der Waals surface area contributed by atoms with Crippen LogP contribution in [0.2, 0.25) is 0 Å². The largest absolute Gasteiger partial charge is 0.464 e. The molecule has 5 aromatic rings. The number of carbonyl (C=O) groups excluding carboxylic acids is 3. The highest BCUT2D eigenvalue weighted by Crippen LogP contribution is 2.42. The zero-order valence-corrected chi connectivity index (χ0v) is 40.0. The number of methoxy groups -OCH3 is 1. The fraction of sp³-hybridized carbons (Fsp3) is 0.510. The molecule has 346 valence electrons. The number of thiazole rings is 1. The SMILES string of the molecule is CCn1c(-c2cccnc2[C@H](C)OC)c2c3cc(ccc31)-c1csc(n1)C[C@H](NC(=O)[C@H](C(C)C)N(C)C[C@@H]1OCCC1c1ccccc1)C(=O)N1CCC[C@H](N1)C(=O)OCC(C)(C)C2. The number of nitrogens with one attached hydrogen (secondary N) is 2. The first-order chi connectivity index (χ1) is 31.3. The van der Waals surface area contributed by atoms with Crippen molar-refractivity contribution < 1.29 is 28.6 Å². The molecule has 6 heterocycles. The first-order valence-electron chi connectivity index (χ1n) is 23.3. The molecule has 13 nitrogen and oxygen atoms in total. The minimum Gasteiger partial charge on any atom is -0.464 e. The molecule has 3 aliphatic rings. The van der Waals surface area contributed by atoms with Crippen LogP contribution in [0, 0.1) is 11.3 Å². The van der Waals surface area contributed by atoms with Crippen LogP contribution in [0.5, 0.6) is 0 Å². The molecule has 0 radical (unpaired) electrons. The molecule has 3 aromatic heterocycles. The number of pyridine rings is 1. The van der Waals surface area contributed by atoms with E-state index < -0.39 is 29.5 Å². The summed E-state index contributed by atoms with van der Waals surface area (Å²) in [6, 6.07) is 18.8. The van der Waals surface area contributed by atoms with E-state index >= 15 is 0 Å². The van der Waals surface area contributed by atoms with Crippen LogP contribution < -0.4 is 10.7 Å². The molecule has 0 saturated carbocycles. The van der Waals surface area contributed by atoms with Crippen molar-refractivity contribution in [1.82, 2.24) is 35.2 Å². The van der Waals surface area contributed by atoms with E-state index in [4.69, 9.17) is 24.2 Å². The van der Waals surface area contributed by atoms with Gasteiger partial charge >= 0.3 is 5.97 Å². The van der Waals surface area contributed by atoms with E-state index in [1.807, 2.05) is 51.5 Å². The first-order valence-corrected chi connectivity index (χ1v) is 24.1. The summed E-state index contributed by atoms with van der Waals surface area (Å²) < 4.78 is 20.6. The van der Waals surface area contributed by atoms with Crippen LogP contribution >= 0.6 is 11.3 Å². The fourth-order valence-electron chi connectivity index (χ4n) is 10.1. The lowest BCUT2D eigenvalue weighted by Gasteiger charge is -2.37. The lowest BCUT2D eigenvalue weighted by atomic mass is 9.84. The lowest BCUT2D eigenvalue weighted by molar-refractivity contribution is -0.155. The number of likely N-dealkylation sites (N-methyl/N-ethyl adjacent to an activating group) is 1. The highest BCUT2D eigenvalue weighted by molar-refractivity contribution is 7.10. The van der Waals surface area contributed by atoms with Crippen molar-refractivity contribution in [2.45, 2.75) is 116 Å². The average Bonchev–Trinajstić information content (AvgIpc) is 4.05. The number of hydrogen-bond acceptors (Lipinski definition) is 11. The molecule has 65 heavy (non-hydrogen) atoms. The molecule has 2 N–H and O–H groups in total. The molecular formula is C51H65N7O6S. The number of hydrogen-bond donors (Lipinski definition) is 2. The third-order valence-electron chi connectivity index (χ3n) is 13.4. The molecule has 2 fully saturated rings. The smallest absolute Gasteiger partial charge is 0.324 e. The summed E-state index contributed by atoms with van der Waals surface area (Å²) in [6.45, 7) is 15.0. The summed E-state index contributed by atoms with van der Waals surface area (Å²) in [5, 5.41) is 8.53. The van der Waals surface area contributed by atoms with Gasteiger partial charge in [0.2, 0.25) is 5.91 Å². The number of rotatable bonds is 11. The number of nitrogens with zero attached hydrogens (tertiary/aromatic N) is 5. The topological polar surface area (TPSA) is 140 Å². The maximum Gasteiger partial charge on any atom is 0.324 e. The second kappa shape index (κ2) is 19.9. The van der Waals surface area contributed by atoms with Gasteiger partial charge in [-0.25, -0.2) is 10.4 Å². The number of aromatic nitrogens is 3. The van der Waals surface area contributed by atoms with Gasteiger partial charge < -0.3 is 24.1 Å². The fourth-order valence-corrected chi connectivity index (χ4v) is 11.0. The Hall–Kier alpha value is -4.99. The molecule has 1 unspecified atom stereocenters. The molecule has 2 aromatic carbocycles. The van der Waals surface area contributed by atoms with Crippen LogP contribution in [-0.2, 0) is 48.0 Å². The molecule has 0 aliphatic carbocycles. The number of cyclic esters (lactones) is 1. The Kier molecular flexibility index (Phi) is 14.2. The molecule has 6 atom stereocenters. The van der Waals surface area contributed by atoms with Crippen LogP contribution in [0.4, 0.5) is 0 Å². The quantitative estimate of drug-likeness (QED) is 0.127. The molecule has 3 aliphatic heterocycles. The van der Waals surface area contributed by atoms with Gasteiger partial charge in [0.15, 0.2) is 0 Å². The number of amides is 2. The van der Waals surface area contributed by atoms with Crippen molar-refractivity contribution in [2.75, 3.05) is 40.5 Å². The van der Waals surface area contributed by atoms with Gasteiger partial charge in [-0.05, 0) is 87.9 Å². The van der Waals surface area contributed by atoms with Crippen molar-refractivity contribution in [3.05, 3.63) is 94.1 Å². The van der Waals surface area contributed by atoms with Gasteiger partial charge in [-0.3, -0.25) is 29.3 Å². The van der Waals surface area contributed by atoms with Crippen LogP contribution in [-0.4, -0.2) is 107 Å². The second-order valence-electron chi connectivity index (χ2n) is 19.1. The number of fused-ring (bicyclic) bond motifs is 6. The number of carbonyl (C=O) groups is 3. The van der Waals surface area contributed by atoms with Crippen molar-refractivity contribution >= 4 is 40.0 Å². The summed E-state index contributed by atoms with van der Waals surface area (Å²) in [6.07, 6.45) is 4.32. The predicted molar refractivity (Wildman–Crippen MR) is 254 cm³/mol. The lowest BCUT2D eigenvalue weighted by Crippen LogP contribution is -2.62. The Morgan fingerprint density at radius 2 is 1.89 bits per heavy atom. The standard InChI is InChI=1S/C51H65N7O6S/c1-9-57-42-20-19-34-25-37(42)38(47(57)36-17-13-22-52-45(36)32(4)62-8)27-51(5,6)30-64-50(61)39-18-14-23-58(55-39)49(60)40(26-44-53-41(34)29-65-44)54-48(59)46(31(2)3)56(7)28-43-35(21-24-63-43)33-15-11-10-12-16-33/h10-13,15-17,19-20,22,25,29,31-32,35,39-40,43,46,55H,9,14,18,21,23-24,26-28,30H2,1-8H3,(H,54,59)/t32-,35?,39-,40-,43-,46-/m0/s1. The van der Waals surface area contributed by atoms with Gasteiger partial charge in [0.25, 0.3) is 5.91 Å². The van der Waals surface area contributed by atoms with Gasteiger partial charge in [-0.2, -0.15) is 0 Å². The van der Waals surface area contributed by atoms with Crippen molar-refractivity contribution in [3.8, 4) is 22.5 Å². The van der Waals surface area contributed by atoms with E-state index in [9.17, 15) is 14.4 Å². The van der Waals surface area contributed by atoms with Crippen LogP contribution in [0.3, 0.4) is 0 Å². The average molecular weight is 904 g/mol. The van der Waals surface area contributed by atoms with Gasteiger partial charge in [-0.15, -0.1) is 11.3 Å². The van der Waals surface area contributed by atoms with E-state index in [0.717, 1.165) is 57.6 Å². The molecule has 8 rings (SSSR count).